The molecular formula is C14H29NO. The molecule has 96 valence electrons. The van der Waals surface area contributed by atoms with Crippen LogP contribution in [0.4, 0.5) is 0 Å². The van der Waals surface area contributed by atoms with Gasteiger partial charge in [0.05, 0.1) is 6.10 Å². The van der Waals surface area contributed by atoms with Gasteiger partial charge in [-0.05, 0) is 50.6 Å². The molecule has 0 bridgehead atoms. The second-order valence-corrected chi connectivity index (χ2v) is 6.19. The first-order valence-electron chi connectivity index (χ1n) is 6.80. The molecule has 16 heavy (non-hydrogen) atoms. The van der Waals surface area contributed by atoms with Crippen molar-refractivity contribution in [3.8, 4) is 0 Å². The molecule has 0 aromatic carbocycles. The van der Waals surface area contributed by atoms with E-state index < -0.39 is 0 Å². The highest BCUT2D eigenvalue weighted by molar-refractivity contribution is 4.76. The molecule has 1 aliphatic heterocycles. The second-order valence-electron chi connectivity index (χ2n) is 6.19. The van der Waals surface area contributed by atoms with E-state index in [0.29, 0.717) is 11.5 Å². The van der Waals surface area contributed by atoms with Gasteiger partial charge in [-0.25, -0.2) is 0 Å². The molecule has 1 saturated heterocycles. The molecule has 1 heterocycles. The summed E-state index contributed by atoms with van der Waals surface area (Å²) in [7, 11) is 2.05. The van der Waals surface area contributed by atoms with Gasteiger partial charge in [0, 0.05) is 6.61 Å². The van der Waals surface area contributed by atoms with Crippen molar-refractivity contribution in [3.05, 3.63) is 0 Å². The van der Waals surface area contributed by atoms with Gasteiger partial charge in [0.15, 0.2) is 0 Å². The van der Waals surface area contributed by atoms with Crippen molar-refractivity contribution in [2.45, 2.75) is 59.0 Å². The Morgan fingerprint density at radius 1 is 1.38 bits per heavy atom. The van der Waals surface area contributed by atoms with Gasteiger partial charge in [-0.3, -0.25) is 0 Å². The van der Waals surface area contributed by atoms with Gasteiger partial charge in [-0.1, -0.05) is 27.2 Å². The van der Waals surface area contributed by atoms with Crippen LogP contribution >= 0.6 is 0 Å². The van der Waals surface area contributed by atoms with Crippen LogP contribution in [0.1, 0.15) is 52.9 Å². The molecule has 0 aromatic heterocycles. The van der Waals surface area contributed by atoms with Gasteiger partial charge < -0.3 is 10.1 Å². The molecule has 2 nitrogen and oxygen atoms in total. The predicted molar refractivity (Wildman–Crippen MR) is 69.7 cm³/mol. The van der Waals surface area contributed by atoms with Crippen molar-refractivity contribution in [3.63, 3.8) is 0 Å². The van der Waals surface area contributed by atoms with Gasteiger partial charge >= 0.3 is 0 Å². The zero-order valence-electron chi connectivity index (χ0n) is 11.5. The SMILES string of the molecule is CNCC(CCCC1CCCO1)C(C)(C)C. The minimum atomic E-state index is 0.416. The highest BCUT2D eigenvalue weighted by atomic mass is 16.5. The molecule has 2 atom stereocenters. The lowest BCUT2D eigenvalue weighted by Gasteiger charge is -2.31. The van der Waals surface area contributed by atoms with E-state index in [-0.39, 0.29) is 0 Å². The van der Waals surface area contributed by atoms with Crippen molar-refractivity contribution in [2.24, 2.45) is 11.3 Å². The van der Waals surface area contributed by atoms with E-state index in [9.17, 15) is 0 Å². The Morgan fingerprint density at radius 3 is 2.62 bits per heavy atom. The minimum absolute atomic E-state index is 0.416. The maximum absolute atomic E-state index is 5.66. The lowest BCUT2D eigenvalue weighted by molar-refractivity contribution is 0.0976. The van der Waals surface area contributed by atoms with Crippen LogP contribution in [0.3, 0.4) is 0 Å². The maximum atomic E-state index is 5.66. The Labute approximate surface area is 101 Å². The summed E-state index contributed by atoms with van der Waals surface area (Å²) in [6.07, 6.45) is 7.01. The van der Waals surface area contributed by atoms with Crippen LogP contribution in [0.2, 0.25) is 0 Å². The molecule has 1 aliphatic rings. The average Bonchev–Trinajstić information content (AvgIpc) is 2.67. The van der Waals surface area contributed by atoms with Crippen LogP contribution in [0.25, 0.3) is 0 Å². The maximum Gasteiger partial charge on any atom is 0.0576 e. The Morgan fingerprint density at radius 2 is 2.12 bits per heavy atom. The Balaban J connectivity index is 2.21. The van der Waals surface area contributed by atoms with Gasteiger partial charge in [-0.2, -0.15) is 0 Å². The Hall–Kier alpha value is -0.0800. The zero-order valence-corrected chi connectivity index (χ0v) is 11.5. The first kappa shape index (κ1) is 14.0. The van der Waals surface area contributed by atoms with E-state index in [1.807, 2.05) is 0 Å². The third-order valence-corrected chi connectivity index (χ3v) is 3.78. The largest absolute Gasteiger partial charge is 0.378 e. The fraction of sp³-hybridized carbons (Fsp3) is 1.00. The molecule has 2 unspecified atom stereocenters. The number of hydrogen-bond acceptors (Lipinski definition) is 2. The summed E-state index contributed by atoms with van der Waals surface area (Å²) >= 11 is 0. The first-order valence-corrected chi connectivity index (χ1v) is 6.80. The summed E-state index contributed by atoms with van der Waals surface area (Å²) in [5.74, 6) is 0.777. The van der Waals surface area contributed by atoms with Crippen LogP contribution < -0.4 is 5.32 Å². The second kappa shape index (κ2) is 6.61. The topological polar surface area (TPSA) is 21.3 Å². The molecule has 2 heteroatoms. The fourth-order valence-corrected chi connectivity index (χ4v) is 2.55. The number of hydrogen-bond donors (Lipinski definition) is 1. The third-order valence-electron chi connectivity index (χ3n) is 3.78. The fourth-order valence-electron chi connectivity index (χ4n) is 2.55. The third kappa shape index (κ3) is 4.84. The van der Waals surface area contributed by atoms with E-state index in [0.717, 1.165) is 19.1 Å². The smallest absolute Gasteiger partial charge is 0.0576 e. The highest BCUT2D eigenvalue weighted by Crippen LogP contribution is 2.30. The van der Waals surface area contributed by atoms with E-state index in [1.54, 1.807) is 0 Å². The van der Waals surface area contributed by atoms with E-state index >= 15 is 0 Å². The summed E-state index contributed by atoms with van der Waals surface area (Å²) < 4.78 is 5.66. The Kier molecular flexibility index (Phi) is 5.77. The summed E-state index contributed by atoms with van der Waals surface area (Å²) in [5, 5.41) is 3.32. The molecular weight excluding hydrogens is 198 g/mol. The number of rotatable bonds is 6. The van der Waals surface area contributed by atoms with Gasteiger partial charge in [0.2, 0.25) is 0 Å². The normalized spacial score (nSPS) is 23.6. The summed E-state index contributed by atoms with van der Waals surface area (Å²) in [6.45, 7) is 9.17. The number of nitrogens with one attached hydrogen (secondary N) is 1. The molecule has 1 fully saturated rings. The predicted octanol–water partition coefficient (Wildman–Crippen LogP) is 3.22. The minimum Gasteiger partial charge on any atom is -0.378 e. The zero-order chi connectivity index (χ0) is 12.0. The summed E-state index contributed by atoms with van der Waals surface area (Å²) in [6, 6.07) is 0. The van der Waals surface area contributed by atoms with Crippen molar-refractivity contribution in [2.75, 3.05) is 20.2 Å². The van der Waals surface area contributed by atoms with Crippen molar-refractivity contribution >= 4 is 0 Å². The molecule has 0 radical (unpaired) electrons. The molecule has 0 aromatic rings. The lowest BCUT2D eigenvalue weighted by atomic mass is 9.77. The summed E-state index contributed by atoms with van der Waals surface area (Å²) in [5.41, 5.74) is 0.416. The molecule has 1 N–H and O–H groups in total. The van der Waals surface area contributed by atoms with Crippen molar-refractivity contribution in [1.29, 1.82) is 0 Å². The lowest BCUT2D eigenvalue weighted by Crippen LogP contribution is -2.30. The molecule has 0 spiro atoms. The molecule has 0 amide bonds. The summed E-state index contributed by atoms with van der Waals surface area (Å²) in [4.78, 5) is 0. The van der Waals surface area contributed by atoms with Crippen LogP contribution in [0.15, 0.2) is 0 Å². The standard InChI is InChI=1S/C14H29NO/c1-14(2,3)12(11-15-4)7-5-8-13-9-6-10-16-13/h12-13,15H,5-11H2,1-4H3. The van der Waals surface area contributed by atoms with Crippen LogP contribution in [0, 0.1) is 11.3 Å². The van der Waals surface area contributed by atoms with Crippen molar-refractivity contribution in [1.82, 2.24) is 5.32 Å². The molecule has 1 rings (SSSR count). The Bertz CT molecular complexity index is 180. The monoisotopic (exact) mass is 227 g/mol. The van der Waals surface area contributed by atoms with Gasteiger partial charge in [0.25, 0.3) is 0 Å². The van der Waals surface area contributed by atoms with E-state index in [1.165, 1.54) is 32.1 Å². The van der Waals surface area contributed by atoms with E-state index in [4.69, 9.17) is 4.74 Å². The van der Waals surface area contributed by atoms with Crippen LogP contribution in [-0.2, 0) is 4.74 Å². The van der Waals surface area contributed by atoms with Crippen molar-refractivity contribution < 1.29 is 4.74 Å². The van der Waals surface area contributed by atoms with E-state index in [2.05, 4.69) is 33.1 Å². The highest BCUT2D eigenvalue weighted by Gasteiger charge is 2.24. The molecule has 0 saturated carbocycles. The van der Waals surface area contributed by atoms with Gasteiger partial charge in [-0.15, -0.1) is 0 Å². The first-order chi connectivity index (χ1) is 7.54. The average molecular weight is 227 g/mol. The van der Waals surface area contributed by atoms with Crippen LogP contribution in [0.5, 0.6) is 0 Å². The van der Waals surface area contributed by atoms with Gasteiger partial charge in [0.1, 0.15) is 0 Å². The number of ether oxygens (including phenoxy) is 1. The molecule has 0 aliphatic carbocycles. The quantitative estimate of drug-likeness (QED) is 0.752. The van der Waals surface area contributed by atoms with Crippen LogP contribution in [-0.4, -0.2) is 26.3 Å².